The molecule has 23 heavy (non-hydrogen) atoms. The molecular weight excluding hydrogens is 335 g/mol. The average molecular weight is 354 g/mol. The lowest BCUT2D eigenvalue weighted by Crippen LogP contribution is -2.86. The smallest absolute Gasteiger partial charge is 0.279 e. The molecule has 0 aliphatic rings. The quantitative estimate of drug-likeness (QED) is 0.837. The number of methoxy groups -OCH3 is 1. The van der Waals surface area contributed by atoms with E-state index in [1.807, 2.05) is 36.5 Å². The molecule has 4 nitrogen and oxygen atoms in total. The van der Waals surface area contributed by atoms with Gasteiger partial charge in [-0.1, -0.05) is 35.3 Å². The maximum absolute atomic E-state index is 12.1. The molecule has 0 aliphatic carbocycles. The monoisotopic (exact) mass is 353 g/mol. The van der Waals surface area contributed by atoms with Gasteiger partial charge < -0.3 is 15.4 Å². The Kier molecular flexibility index (Phi) is 6.28. The fraction of sp³-hybridized carbons (Fsp3) is 0.235. The fourth-order valence-corrected chi connectivity index (χ4v) is 2.56. The van der Waals surface area contributed by atoms with Crippen molar-refractivity contribution in [2.24, 2.45) is 0 Å². The number of ether oxygens (including phenoxy) is 1. The zero-order chi connectivity index (χ0) is 16.8. The summed E-state index contributed by atoms with van der Waals surface area (Å²) in [6, 6.07) is 12.8. The third-order valence-corrected chi connectivity index (χ3v) is 3.94. The Bertz CT molecular complexity index is 692. The number of hydrogen-bond donors (Lipinski definition) is 2. The molecule has 2 rings (SSSR count). The topological polar surface area (TPSA) is 54.9 Å². The summed E-state index contributed by atoms with van der Waals surface area (Å²) in [6.45, 7) is 2.31. The van der Waals surface area contributed by atoms with E-state index in [-0.39, 0.29) is 18.5 Å². The van der Waals surface area contributed by atoms with Crippen LogP contribution in [0.15, 0.2) is 42.5 Å². The Morgan fingerprint density at radius 3 is 2.65 bits per heavy atom. The van der Waals surface area contributed by atoms with Crippen molar-refractivity contribution in [1.29, 1.82) is 0 Å². The molecule has 0 radical (unpaired) electrons. The van der Waals surface area contributed by atoms with Crippen LogP contribution in [0, 0.1) is 0 Å². The van der Waals surface area contributed by atoms with Crippen LogP contribution in [0.5, 0.6) is 5.75 Å². The number of benzene rings is 2. The molecule has 3 N–H and O–H groups in total. The highest BCUT2D eigenvalue weighted by Crippen LogP contribution is 2.27. The molecule has 0 saturated heterocycles. The van der Waals surface area contributed by atoms with E-state index in [9.17, 15) is 4.79 Å². The standard InChI is InChI=1S/C17H18Cl2N2O2/c1-11(12-4-3-5-13(18)8-12)20-10-17(22)21-15-9-14(19)6-7-16(15)23-2/h3-9,11,20H,10H2,1-2H3,(H,21,22)/p+1/t11-/m0/s1. The summed E-state index contributed by atoms with van der Waals surface area (Å²) < 4.78 is 5.21. The number of carbonyl (C=O) groups is 1. The molecule has 0 saturated carbocycles. The summed E-state index contributed by atoms with van der Waals surface area (Å²) in [4.78, 5) is 12.1. The van der Waals surface area contributed by atoms with Gasteiger partial charge in [-0.3, -0.25) is 4.79 Å². The zero-order valence-electron chi connectivity index (χ0n) is 13.0. The largest absolute Gasteiger partial charge is 0.495 e. The molecule has 0 aliphatic heterocycles. The van der Waals surface area contributed by atoms with Gasteiger partial charge in [0.15, 0.2) is 6.54 Å². The molecule has 0 bridgehead atoms. The number of anilines is 1. The van der Waals surface area contributed by atoms with Crippen molar-refractivity contribution in [3.63, 3.8) is 0 Å². The minimum atomic E-state index is -0.126. The summed E-state index contributed by atoms with van der Waals surface area (Å²) in [7, 11) is 1.55. The van der Waals surface area contributed by atoms with E-state index in [1.54, 1.807) is 25.3 Å². The van der Waals surface area contributed by atoms with E-state index >= 15 is 0 Å². The van der Waals surface area contributed by atoms with Gasteiger partial charge in [0.25, 0.3) is 5.91 Å². The van der Waals surface area contributed by atoms with Crippen LogP contribution in [-0.4, -0.2) is 19.6 Å². The second kappa shape index (κ2) is 8.20. The Morgan fingerprint density at radius 2 is 1.96 bits per heavy atom. The second-order valence-corrected chi connectivity index (χ2v) is 6.05. The summed E-state index contributed by atoms with van der Waals surface area (Å²) in [5, 5.41) is 5.99. The van der Waals surface area contributed by atoms with E-state index in [0.29, 0.717) is 21.5 Å². The van der Waals surface area contributed by atoms with Crippen molar-refractivity contribution in [2.75, 3.05) is 19.0 Å². The molecular formula is C17H19Cl2N2O2+. The number of nitrogens with two attached hydrogens (primary N) is 1. The van der Waals surface area contributed by atoms with Gasteiger partial charge in [-0.2, -0.15) is 0 Å². The molecule has 122 valence electrons. The number of amides is 1. The van der Waals surface area contributed by atoms with Crippen LogP contribution in [0.25, 0.3) is 0 Å². The van der Waals surface area contributed by atoms with Crippen molar-refractivity contribution in [2.45, 2.75) is 13.0 Å². The van der Waals surface area contributed by atoms with Crippen LogP contribution >= 0.6 is 23.2 Å². The van der Waals surface area contributed by atoms with E-state index in [4.69, 9.17) is 27.9 Å². The third kappa shape index (κ3) is 5.13. The predicted molar refractivity (Wildman–Crippen MR) is 93.3 cm³/mol. The summed E-state index contributed by atoms with van der Waals surface area (Å²) in [6.07, 6.45) is 0. The van der Waals surface area contributed by atoms with Crippen LogP contribution in [0.3, 0.4) is 0 Å². The Morgan fingerprint density at radius 1 is 1.22 bits per heavy atom. The third-order valence-electron chi connectivity index (χ3n) is 3.47. The fourth-order valence-electron chi connectivity index (χ4n) is 2.19. The lowest BCUT2D eigenvalue weighted by molar-refractivity contribution is -0.682. The van der Waals surface area contributed by atoms with Gasteiger partial charge in [0.1, 0.15) is 11.8 Å². The van der Waals surface area contributed by atoms with Crippen molar-refractivity contribution < 1.29 is 14.8 Å². The second-order valence-electron chi connectivity index (χ2n) is 5.18. The van der Waals surface area contributed by atoms with E-state index in [0.717, 1.165) is 5.56 Å². The molecule has 0 unspecified atom stereocenters. The van der Waals surface area contributed by atoms with Gasteiger partial charge in [0.2, 0.25) is 0 Å². The van der Waals surface area contributed by atoms with Crippen LogP contribution in [0.4, 0.5) is 5.69 Å². The van der Waals surface area contributed by atoms with Gasteiger partial charge in [-0.05, 0) is 37.3 Å². The number of nitrogens with one attached hydrogen (secondary N) is 1. The number of rotatable bonds is 6. The first-order valence-corrected chi connectivity index (χ1v) is 7.97. The predicted octanol–water partition coefficient (Wildman–Crippen LogP) is 3.27. The lowest BCUT2D eigenvalue weighted by atomic mass is 10.1. The molecule has 1 amide bonds. The van der Waals surface area contributed by atoms with Gasteiger partial charge in [0, 0.05) is 15.6 Å². The Balaban J connectivity index is 1.94. The van der Waals surface area contributed by atoms with Gasteiger partial charge >= 0.3 is 0 Å². The Labute approximate surface area is 145 Å². The molecule has 0 aromatic heterocycles. The maximum atomic E-state index is 12.1. The zero-order valence-corrected chi connectivity index (χ0v) is 14.5. The molecule has 2 aromatic rings. The van der Waals surface area contributed by atoms with E-state index in [2.05, 4.69) is 5.32 Å². The number of carbonyl (C=O) groups excluding carboxylic acids is 1. The average Bonchev–Trinajstić information content (AvgIpc) is 2.53. The minimum Gasteiger partial charge on any atom is -0.495 e. The van der Waals surface area contributed by atoms with Gasteiger partial charge in [-0.15, -0.1) is 0 Å². The van der Waals surface area contributed by atoms with Crippen LogP contribution in [-0.2, 0) is 4.79 Å². The number of quaternary nitrogens is 1. The minimum absolute atomic E-state index is 0.126. The molecule has 2 aromatic carbocycles. The van der Waals surface area contributed by atoms with Crippen molar-refractivity contribution >= 4 is 34.8 Å². The molecule has 0 fully saturated rings. The number of halogens is 2. The normalized spacial score (nSPS) is 11.8. The lowest BCUT2D eigenvalue weighted by Gasteiger charge is -2.13. The SMILES string of the molecule is COc1ccc(Cl)cc1NC(=O)C[NH2+][C@@H](C)c1cccc(Cl)c1. The number of hydrogen-bond acceptors (Lipinski definition) is 2. The van der Waals surface area contributed by atoms with E-state index in [1.165, 1.54) is 0 Å². The maximum Gasteiger partial charge on any atom is 0.279 e. The summed E-state index contributed by atoms with van der Waals surface area (Å²) in [5.41, 5.74) is 1.64. The van der Waals surface area contributed by atoms with Crippen LogP contribution in [0.2, 0.25) is 10.0 Å². The molecule has 0 heterocycles. The first-order valence-electron chi connectivity index (χ1n) is 7.22. The van der Waals surface area contributed by atoms with Gasteiger partial charge in [0.05, 0.1) is 12.8 Å². The van der Waals surface area contributed by atoms with E-state index < -0.39 is 0 Å². The molecule has 6 heteroatoms. The van der Waals surface area contributed by atoms with Crippen molar-refractivity contribution in [3.8, 4) is 5.75 Å². The van der Waals surface area contributed by atoms with Crippen LogP contribution in [0.1, 0.15) is 18.5 Å². The van der Waals surface area contributed by atoms with Crippen LogP contribution < -0.4 is 15.4 Å². The highest BCUT2D eigenvalue weighted by molar-refractivity contribution is 6.31. The first kappa shape index (κ1) is 17.6. The molecule has 0 spiro atoms. The van der Waals surface area contributed by atoms with Crippen molar-refractivity contribution in [3.05, 3.63) is 58.1 Å². The Hall–Kier alpha value is -1.75. The summed E-state index contributed by atoms with van der Waals surface area (Å²) in [5.74, 6) is 0.449. The summed E-state index contributed by atoms with van der Waals surface area (Å²) >= 11 is 11.9. The highest BCUT2D eigenvalue weighted by atomic mass is 35.5. The molecule has 1 atom stereocenters. The van der Waals surface area contributed by atoms with Crippen molar-refractivity contribution in [1.82, 2.24) is 0 Å². The highest BCUT2D eigenvalue weighted by Gasteiger charge is 2.13. The first-order chi connectivity index (χ1) is 11.0. The van der Waals surface area contributed by atoms with Gasteiger partial charge in [-0.25, -0.2) is 0 Å².